The first-order chi connectivity index (χ1) is 16.6. The molecule has 0 radical (unpaired) electrons. The Hall–Kier alpha value is -2.59. The van der Waals surface area contributed by atoms with Crippen molar-refractivity contribution in [2.75, 3.05) is 26.4 Å². The van der Waals surface area contributed by atoms with E-state index in [0.29, 0.717) is 62.9 Å². The summed E-state index contributed by atoms with van der Waals surface area (Å²) in [4.78, 5) is 25.2. The van der Waals surface area contributed by atoms with Gasteiger partial charge in [0.2, 0.25) is 0 Å². The van der Waals surface area contributed by atoms with Gasteiger partial charge in [0, 0.05) is 32.7 Å². The van der Waals surface area contributed by atoms with E-state index in [1.807, 2.05) is 6.92 Å². The van der Waals surface area contributed by atoms with Crippen LogP contribution in [0.5, 0.6) is 0 Å². The number of aromatic nitrogens is 2. The number of halogens is 4. The Kier molecular flexibility index (Phi) is 7.42. The van der Waals surface area contributed by atoms with Crippen LogP contribution in [0.1, 0.15) is 63.9 Å². The van der Waals surface area contributed by atoms with Gasteiger partial charge in [-0.05, 0) is 49.3 Å². The molecule has 1 aromatic carbocycles. The van der Waals surface area contributed by atoms with Crippen molar-refractivity contribution in [1.29, 1.82) is 0 Å². The molecular weight excluding hydrogens is 487 g/mol. The second kappa shape index (κ2) is 10.2. The smallest absolute Gasteiger partial charge is 0.416 e. The molecule has 2 aromatic rings. The zero-order valence-electron chi connectivity index (χ0n) is 19.3. The highest BCUT2D eigenvalue weighted by Gasteiger charge is 2.39. The Labute approximate surface area is 205 Å². The summed E-state index contributed by atoms with van der Waals surface area (Å²) in [6.07, 6.45) is -1.25. The van der Waals surface area contributed by atoms with E-state index in [0.717, 1.165) is 30.7 Å². The van der Waals surface area contributed by atoms with Gasteiger partial charge >= 0.3 is 12.1 Å². The van der Waals surface area contributed by atoms with E-state index < -0.39 is 17.7 Å². The number of fused-ring (bicyclic) bond motifs is 1. The minimum absolute atomic E-state index is 0.0350. The maximum atomic E-state index is 13.0. The molecule has 0 atom stereocenters. The molecule has 1 amide bonds. The van der Waals surface area contributed by atoms with E-state index in [1.165, 1.54) is 0 Å². The molecule has 1 spiro atoms. The van der Waals surface area contributed by atoms with Crippen molar-refractivity contribution < 1.29 is 32.2 Å². The standard InChI is InChI=1S/C24H27ClF3N3O4/c1-2-18-20-19(13-23(14-29-21(20)32)6-10-34-11-7-23)31(30-18)8-3-9-35-22(33)16-12-15(24(26,27)28)4-5-17(16)25/h4-5,12H,2-3,6-11,13-14H2,1H3,(H,29,32). The molecule has 4 rings (SSSR count). The number of nitrogens with one attached hydrogen (secondary N) is 1. The van der Waals surface area contributed by atoms with Gasteiger partial charge < -0.3 is 14.8 Å². The largest absolute Gasteiger partial charge is 0.462 e. The van der Waals surface area contributed by atoms with Crippen LogP contribution in [0.3, 0.4) is 0 Å². The van der Waals surface area contributed by atoms with Crippen molar-refractivity contribution in [3.63, 3.8) is 0 Å². The number of hydrogen-bond acceptors (Lipinski definition) is 5. The Balaban J connectivity index is 1.45. The number of alkyl halides is 3. The minimum Gasteiger partial charge on any atom is -0.462 e. The second-order valence-electron chi connectivity index (χ2n) is 9.00. The predicted molar refractivity (Wildman–Crippen MR) is 121 cm³/mol. The molecule has 3 heterocycles. The number of carbonyl (C=O) groups excluding carboxylic acids is 2. The number of esters is 1. The van der Waals surface area contributed by atoms with E-state index in [1.54, 1.807) is 4.68 Å². The van der Waals surface area contributed by atoms with E-state index in [4.69, 9.17) is 21.1 Å². The summed E-state index contributed by atoms with van der Waals surface area (Å²) >= 11 is 5.92. The predicted octanol–water partition coefficient (Wildman–Crippen LogP) is 4.45. The lowest BCUT2D eigenvalue weighted by atomic mass is 9.76. The number of amides is 1. The normalized spacial score (nSPS) is 17.6. The highest BCUT2D eigenvalue weighted by molar-refractivity contribution is 6.33. The molecule has 11 heteroatoms. The molecule has 0 aliphatic carbocycles. The van der Waals surface area contributed by atoms with Crippen LogP contribution in [-0.4, -0.2) is 48.0 Å². The SMILES string of the molecule is CCc1nn(CCCOC(=O)c2cc(C(F)(F)F)ccc2Cl)c2c1C(=O)NCC1(CCOCC1)C2. The van der Waals surface area contributed by atoms with Crippen molar-refractivity contribution in [1.82, 2.24) is 15.1 Å². The number of carbonyl (C=O) groups is 2. The lowest BCUT2D eigenvalue weighted by molar-refractivity contribution is -0.137. The number of hydrogen-bond donors (Lipinski definition) is 1. The average Bonchev–Trinajstić information content (AvgIpc) is 3.10. The maximum absolute atomic E-state index is 13.0. The third-order valence-electron chi connectivity index (χ3n) is 6.67. The van der Waals surface area contributed by atoms with Crippen molar-refractivity contribution in [2.24, 2.45) is 5.41 Å². The van der Waals surface area contributed by atoms with Crippen molar-refractivity contribution in [3.8, 4) is 0 Å². The molecule has 2 aliphatic heterocycles. The fourth-order valence-corrected chi connectivity index (χ4v) is 4.87. The second-order valence-corrected chi connectivity index (χ2v) is 9.41. The lowest BCUT2D eigenvalue weighted by Crippen LogP contribution is -2.40. The van der Waals surface area contributed by atoms with Crippen LogP contribution in [-0.2, 0) is 35.0 Å². The summed E-state index contributed by atoms with van der Waals surface area (Å²) in [5.41, 5.74) is 0.805. The summed E-state index contributed by atoms with van der Waals surface area (Å²) in [6, 6.07) is 2.54. The summed E-state index contributed by atoms with van der Waals surface area (Å²) < 4.78 is 51.5. The quantitative estimate of drug-likeness (QED) is 0.456. The van der Waals surface area contributed by atoms with Gasteiger partial charge in [0.05, 0.1) is 39.7 Å². The van der Waals surface area contributed by atoms with Gasteiger partial charge in [0.25, 0.3) is 5.91 Å². The van der Waals surface area contributed by atoms with Crippen LogP contribution in [0.2, 0.25) is 5.02 Å². The van der Waals surface area contributed by atoms with Crippen LogP contribution in [0.15, 0.2) is 18.2 Å². The van der Waals surface area contributed by atoms with Crippen LogP contribution < -0.4 is 5.32 Å². The van der Waals surface area contributed by atoms with Crippen LogP contribution >= 0.6 is 11.6 Å². The molecule has 2 aliphatic rings. The summed E-state index contributed by atoms with van der Waals surface area (Å²) in [5, 5.41) is 7.60. The Morgan fingerprint density at radius 2 is 2.06 bits per heavy atom. The van der Waals surface area contributed by atoms with Crippen molar-refractivity contribution in [2.45, 2.75) is 51.7 Å². The molecule has 190 valence electrons. The molecule has 0 bridgehead atoms. The van der Waals surface area contributed by atoms with Gasteiger partial charge in [-0.1, -0.05) is 18.5 Å². The number of rotatable bonds is 6. The summed E-state index contributed by atoms with van der Waals surface area (Å²) in [6.45, 7) is 4.18. The Bertz CT molecular complexity index is 1110. The number of nitrogens with zero attached hydrogens (tertiary/aromatic N) is 2. The zero-order chi connectivity index (χ0) is 25.2. The molecule has 1 fully saturated rings. The topological polar surface area (TPSA) is 82.5 Å². The number of benzene rings is 1. The van der Waals surface area contributed by atoms with E-state index in [-0.39, 0.29) is 28.5 Å². The van der Waals surface area contributed by atoms with Gasteiger partial charge in [0.15, 0.2) is 0 Å². The van der Waals surface area contributed by atoms with Crippen molar-refractivity contribution >= 4 is 23.5 Å². The molecule has 1 saturated heterocycles. The third kappa shape index (κ3) is 5.48. The van der Waals surface area contributed by atoms with Gasteiger partial charge in [-0.3, -0.25) is 9.48 Å². The molecule has 0 saturated carbocycles. The van der Waals surface area contributed by atoms with E-state index >= 15 is 0 Å². The highest BCUT2D eigenvalue weighted by atomic mass is 35.5. The fourth-order valence-electron chi connectivity index (χ4n) is 4.67. The Morgan fingerprint density at radius 1 is 1.31 bits per heavy atom. The zero-order valence-corrected chi connectivity index (χ0v) is 20.1. The maximum Gasteiger partial charge on any atom is 0.416 e. The number of aryl methyl sites for hydroxylation is 2. The first kappa shape index (κ1) is 25.5. The molecule has 7 nitrogen and oxygen atoms in total. The lowest BCUT2D eigenvalue weighted by Gasteiger charge is -2.36. The van der Waals surface area contributed by atoms with Gasteiger partial charge in [-0.15, -0.1) is 0 Å². The molecular formula is C24H27ClF3N3O4. The van der Waals surface area contributed by atoms with E-state index in [2.05, 4.69) is 10.4 Å². The summed E-state index contributed by atoms with van der Waals surface area (Å²) in [7, 11) is 0. The highest BCUT2D eigenvalue weighted by Crippen LogP contribution is 2.37. The Morgan fingerprint density at radius 3 is 2.74 bits per heavy atom. The minimum atomic E-state index is -4.59. The third-order valence-corrected chi connectivity index (χ3v) is 7.00. The molecule has 1 N–H and O–H groups in total. The average molecular weight is 514 g/mol. The van der Waals surface area contributed by atoms with E-state index in [9.17, 15) is 22.8 Å². The first-order valence-corrected chi connectivity index (χ1v) is 12.0. The molecule has 0 unspecified atom stereocenters. The van der Waals surface area contributed by atoms with Crippen molar-refractivity contribution in [3.05, 3.63) is 51.3 Å². The fraction of sp³-hybridized carbons (Fsp3) is 0.542. The molecule has 35 heavy (non-hydrogen) atoms. The number of ether oxygens (including phenoxy) is 2. The summed E-state index contributed by atoms with van der Waals surface area (Å²) in [5.74, 6) is -1.05. The van der Waals surface area contributed by atoms with Crippen LogP contribution in [0.4, 0.5) is 13.2 Å². The van der Waals surface area contributed by atoms with Gasteiger partial charge in [0.1, 0.15) is 0 Å². The molecule has 1 aromatic heterocycles. The van der Waals surface area contributed by atoms with Crippen LogP contribution in [0, 0.1) is 5.41 Å². The van der Waals surface area contributed by atoms with Gasteiger partial charge in [-0.25, -0.2) is 4.79 Å². The monoisotopic (exact) mass is 513 g/mol. The first-order valence-electron chi connectivity index (χ1n) is 11.6. The van der Waals surface area contributed by atoms with Crippen LogP contribution in [0.25, 0.3) is 0 Å². The van der Waals surface area contributed by atoms with Gasteiger partial charge in [-0.2, -0.15) is 18.3 Å².